The zero-order chi connectivity index (χ0) is 15.8. The molecule has 0 radical (unpaired) electrons. The maximum atomic E-state index is 12.7. The van der Waals surface area contributed by atoms with Crippen molar-refractivity contribution in [2.75, 3.05) is 0 Å². The van der Waals surface area contributed by atoms with Gasteiger partial charge in [-0.2, -0.15) is 0 Å². The van der Waals surface area contributed by atoms with E-state index in [2.05, 4.69) is 0 Å². The summed E-state index contributed by atoms with van der Waals surface area (Å²) in [5.74, 6) is -0.0203. The number of hydrogen-bond donors (Lipinski definition) is 1. The molecule has 4 rings (SSSR count). The first-order valence-corrected chi connectivity index (χ1v) is 8.78. The predicted octanol–water partition coefficient (Wildman–Crippen LogP) is 4.86. The van der Waals surface area contributed by atoms with Gasteiger partial charge in [-0.3, -0.25) is 14.6 Å². The van der Waals surface area contributed by atoms with Gasteiger partial charge in [0.25, 0.3) is 0 Å². The first kappa shape index (κ1) is 16.6. The lowest BCUT2D eigenvalue weighted by molar-refractivity contribution is 0.104. The molecule has 0 aliphatic carbocycles. The topological polar surface area (TPSA) is 45.3 Å². The molecular formula is C18H13ClN2OS2. The summed E-state index contributed by atoms with van der Waals surface area (Å²) in [6.45, 7) is 0. The highest BCUT2D eigenvalue weighted by Gasteiger charge is 2.19. The highest BCUT2D eigenvalue weighted by Crippen LogP contribution is 2.30. The molecule has 1 N–H and O–H groups in total. The Balaban J connectivity index is 0.00000169. The van der Waals surface area contributed by atoms with Crippen LogP contribution >= 0.6 is 35.1 Å². The van der Waals surface area contributed by atoms with Crippen molar-refractivity contribution >= 4 is 45.7 Å². The van der Waals surface area contributed by atoms with E-state index in [0.29, 0.717) is 15.2 Å². The van der Waals surface area contributed by atoms with Crippen molar-refractivity contribution < 1.29 is 4.79 Å². The molecule has 120 valence electrons. The third-order valence-corrected chi connectivity index (χ3v) is 5.67. The van der Waals surface area contributed by atoms with Crippen LogP contribution in [0.1, 0.15) is 15.2 Å². The van der Waals surface area contributed by atoms with Gasteiger partial charge < -0.3 is 0 Å². The number of nitrogens with one attached hydrogen (secondary N) is 1. The van der Waals surface area contributed by atoms with E-state index in [1.165, 1.54) is 22.7 Å². The first-order valence-electron chi connectivity index (χ1n) is 7.08. The number of hydrogen-bond acceptors (Lipinski definition) is 4. The van der Waals surface area contributed by atoms with Crippen molar-refractivity contribution in [1.82, 2.24) is 4.40 Å². The Morgan fingerprint density at radius 2 is 1.58 bits per heavy atom. The highest BCUT2D eigenvalue weighted by molar-refractivity contribution is 7.21. The van der Waals surface area contributed by atoms with E-state index in [1.807, 2.05) is 70.4 Å². The fraction of sp³-hybridized carbons (Fsp3) is 0. The summed E-state index contributed by atoms with van der Waals surface area (Å²) in [6, 6.07) is 19.2. The van der Waals surface area contributed by atoms with Gasteiger partial charge in [-0.15, -0.1) is 23.7 Å². The van der Waals surface area contributed by atoms with E-state index in [1.54, 1.807) is 0 Å². The van der Waals surface area contributed by atoms with Crippen LogP contribution in [0.25, 0.3) is 16.1 Å². The van der Waals surface area contributed by atoms with Gasteiger partial charge >= 0.3 is 0 Å². The molecule has 4 aromatic rings. The van der Waals surface area contributed by atoms with E-state index in [-0.39, 0.29) is 18.2 Å². The van der Waals surface area contributed by atoms with Crippen molar-refractivity contribution in [1.29, 1.82) is 5.41 Å². The first-order chi connectivity index (χ1) is 11.3. The molecule has 24 heavy (non-hydrogen) atoms. The molecule has 0 aliphatic heterocycles. The molecule has 3 nitrogen and oxygen atoms in total. The van der Waals surface area contributed by atoms with Gasteiger partial charge in [0.1, 0.15) is 9.71 Å². The minimum atomic E-state index is -0.0203. The average Bonchev–Trinajstić information content (AvgIpc) is 3.17. The largest absolute Gasteiger partial charge is 0.288 e. The highest BCUT2D eigenvalue weighted by atomic mass is 35.5. The molecule has 2 aromatic heterocycles. The van der Waals surface area contributed by atoms with E-state index in [9.17, 15) is 4.79 Å². The van der Waals surface area contributed by atoms with Crippen LogP contribution < -0.4 is 4.80 Å². The molecule has 0 amide bonds. The van der Waals surface area contributed by atoms with Gasteiger partial charge in [0.2, 0.25) is 5.78 Å². The van der Waals surface area contributed by atoms with Crippen LogP contribution in [-0.2, 0) is 0 Å². The molecule has 0 atom stereocenters. The number of ketones is 1. The fourth-order valence-electron chi connectivity index (χ4n) is 2.54. The number of rotatable bonds is 3. The SMILES string of the molecule is Cl.N=c1sc(C(=O)c2ccccc2)c2scc(-c3ccccc3)n12. The number of thiazole rings is 2. The van der Waals surface area contributed by atoms with Gasteiger partial charge in [0.05, 0.1) is 5.69 Å². The summed E-state index contributed by atoms with van der Waals surface area (Å²) in [6.07, 6.45) is 0. The lowest BCUT2D eigenvalue weighted by Gasteiger charge is -1.98. The summed E-state index contributed by atoms with van der Waals surface area (Å²) in [5, 5.41) is 10.3. The van der Waals surface area contributed by atoms with E-state index < -0.39 is 0 Å². The zero-order valence-electron chi connectivity index (χ0n) is 12.4. The van der Waals surface area contributed by atoms with Crippen molar-refractivity contribution in [2.45, 2.75) is 0 Å². The van der Waals surface area contributed by atoms with Crippen LogP contribution in [0.4, 0.5) is 0 Å². The third-order valence-electron chi connectivity index (χ3n) is 3.63. The Hall–Kier alpha value is -2.21. The number of nitrogens with zero attached hydrogens (tertiary/aromatic N) is 1. The molecule has 0 spiro atoms. The number of carbonyl (C=O) groups is 1. The molecular weight excluding hydrogens is 360 g/mol. The molecule has 2 heterocycles. The molecule has 0 bridgehead atoms. The monoisotopic (exact) mass is 372 g/mol. The molecule has 0 aliphatic rings. The van der Waals surface area contributed by atoms with Crippen LogP contribution in [0, 0.1) is 5.41 Å². The van der Waals surface area contributed by atoms with Gasteiger partial charge in [-0.05, 0) is 5.56 Å². The molecule has 2 aromatic carbocycles. The van der Waals surface area contributed by atoms with Gasteiger partial charge in [0, 0.05) is 10.9 Å². The molecule has 0 fully saturated rings. The average molecular weight is 373 g/mol. The Labute approximate surface area is 152 Å². The van der Waals surface area contributed by atoms with Crippen LogP contribution in [0.15, 0.2) is 66.0 Å². The maximum Gasteiger partial charge on any atom is 0.206 e. The van der Waals surface area contributed by atoms with Crippen LogP contribution in [0.2, 0.25) is 0 Å². The summed E-state index contributed by atoms with van der Waals surface area (Å²) in [5.41, 5.74) is 2.67. The fourth-order valence-corrected chi connectivity index (χ4v) is 4.69. The standard InChI is InChI=1S/C18H12N2OS2.ClH/c19-18-20-14(12-7-3-1-4-8-12)11-22-17(20)16(23-18)15(21)13-9-5-2-6-10-13;/h1-11,19H;1H. The molecule has 0 unspecified atom stereocenters. The van der Waals surface area contributed by atoms with Gasteiger partial charge in [0.15, 0.2) is 4.80 Å². The normalized spacial score (nSPS) is 10.5. The lowest BCUT2D eigenvalue weighted by atomic mass is 10.1. The van der Waals surface area contributed by atoms with Crippen LogP contribution in [0.5, 0.6) is 0 Å². The second kappa shape index (κ2) is 6.73. The number of carbonyl (C=O) groups excluding carboxylic acids is 1. The van der Waals surface area contributed by atoms with Crippen molar-refractivity contribution in [3.8, 4) is 11.3 Å². The lowest BCUT2D eigenvalue weighted by Crippen LogP contribution is -2.03. The molecule has 0 saturated carbocycles. The summed E-state index contributed by atoms with van der Waals surface area (Å²) < 4.78 is 1.86. The van der Waals surface area contributed by atoms with Gasteiger partial charge in [-0.25, -0.2) is 0 Å². The quantitative estimate of drug-likeness (QED) is 0.513. The number of halogens is 1. The van der Waals surface area contributed by atoms with E-state index >= 15 is 0 Å². The summed E-state index contributed by atoms with van der Waals surface area (Å²) in [7, 11) is 0. The smallest absolute Gasteiger partial charge is 0.206 e. The second-order valence-corrected chi connectivity index (χ2v) is 6.92. The van der Waals surface area contributed by atoms with Crippen molar-refractivity contribution in [2.24, 2.45) is 0 Å². The van der Waals surface area contributed by atoms with Crippen molar-refractivity contribution in [3.05, 3.63) is 81.3 Å². The number of fused-ring (bicyclic) bond motifs is 1. The minimum absolute atomic E-state index is 0. The summed E-state index contributed by atoms with van der Waals surface area (Å²) >= 11 is 2.75. The Morgan fingerprint density at radius 1 is 0.958 bits per heavy atom. The Bertz CT molecular complexity index is 1050. The predicted molar refractivity (Wildman–Crippen MR) is 102 cm³/mol. The van der Waals surface area contributed by atoms with E-state index in [4.69, 9.17) is 5.41 Å². The minimum Gasteiger partial charge on any atom is -0.288 e. The maximum absolute atomic E-state index is 12.7. The van der Waals surface area contributed by atoms with Crippen molar-refractivity contribution in [3.63, 3.8) is 0 Å². The molecule has 0 saturated heterocycles. The third kappa shape index (κ3) is 2.71. The van der Waals surface area contributed by atoms with Crippen LogP contribution in [0.3, 0.4) is 0 Å². The number of benzene rings is 2. The second-order valence-electron chi connectivity index (χ2n) is 5.06. The zero-order valence-corrected chi connectivity index (χ0v) is 14.9. The molecule has 6 heteroatoms. The summed E-state index contributed by atoms with van der Waals surface area (Å²) in [4.78, 5) is 14.6. The van der Waals surface area contributed by atoms with Crippen LogP contribution in [-0.4, -0.2) is 10.2 Å². The van der Waals surface area contributed by atoms with E-state index in [0.717, 1.165) is 16.1 Å². The Morgan fingerprint density at radius 3 is 2.25 bits per heavy atom. The Kier molecular flexibility index (Phi) is 4.66. The number of aromatic nitrogens is 1. The van der Waals surface area contributed by atoms with Gasteiger partial charge in [-0.1, -0.05) is 72.0 Å².